The first-order valence-electron chi connectivity index (χ1n) is 10.5. The molecule has 3 rings (SSSR count). The Morgan fingerprint density at radius 3 is 2.42 bits per heavy atom. The van der Waals surface area contributed by atoms with Crippen molar-refractivity contribution >= 4 is 5.91 Å². The molecule has 2 heterocycles. The molecule has 0 saturated carbocycles. The highest BCUT2D eigenvalue weighted by atomic mass is 19.4. The van der Waals surface area contributed by atoms with Gasteiger partial charge in [0.05, 0.1) is 29.7 Å². The van der Waals surface area contributed by atoms with E-state index < -0.39 is 23.3 Å². The van der Waals surface area contributed by atoms with Gasteiger partial charge in [-0.3, -0.25) is 9.69 Å². The van der Waals surface area contributed by atoms with E-state index in [1.807, 2.05) is 20.8 Å². The number of ether oxygens (including phenoxy) is 1. The monoisotopic (exact) mass is 438 g/mol. The molecule has 0 spiro atoms. The van der Waals surface area contributed by atoms with Gasteiger partial charge in [-0.1, -0.05) is 17.7 Å². The van der Waals surface area contributed by atoms with E-state index in [9.17, 15) is 18.0 Å². The molecule has 170 valence electrons. The highest BCUT2D eigenvalue weighted by Gasteiger charge is 2.40. The number of hydrogen-bond donors (Lipinski definition) is 1. The van der Waals surface area contributed by atoms with Crippen LogP contribution in [0.5, 0.6) is 0 Å². The van der Waals surface area contributed by atoms with E-state index in [2.05, 4.69) is 15.3 Å². The van der Waals surface area contributed by atoms with Crippen molar-refractivity contribution in [2.45, 2.75) is 52.0 Å². The molecule has 2 aromatic rings. The smallest absolute Gasteiger partial charge is 0.373 e. The maximum absolute atomic E-state index is 13.7. The predicted molar refractivity (Wildman–Crippen MR) is 111 cm³/mol. The van der Waals surface area contributed by atoms with Gasteiger partial charge in [0.1, 0.15) is 0 Å². The number of morpholine rings is 1. The fraction of sp³-hybridized carbons (Fsp3) is 0.545. The Morgan fingerprint density at radius 1 is 1.16 bits per heavy atom. The van der Waals surface area contributed by atoms with Gasteiger partial charge in [0.2, 0.25) is 0 Å². The van der Waals surface area contributed by atoms with Crippen LogP contribution in [0.2, 0.25) is 0 Å². The molecule has 1 amide bonds. The second kappa shape index (κ2) is 9.82. The summed E-state index contributed by atoms with van der Waals surface area (Å²) < 4.78 is 47.6. The average Bonchev–Trinajstić information content (AvgIpc) is 3.13. The summed E-state index contributed by atoms with van der Waals surface area (Å²) in [5.41, 5.74) is -0.358. The van der Waals surface area contributed by atoms with Gasteiger partial charge in [-0.15, -0.1) is 0 Å². The lowest BCUT2D eigenvalue weighted by atomic mass is 10.2. The van der Waals surface area contributed by atoms with Crippen molar-refractivity contribution in [2.75, 3.05) is 26.2 Å². The summed E-state index contributed by atoms with van der Waals surface area (Å²) in [6.45, 7) is 8.83. The zero-order valence-corrected chi connectivity index (χ0v) is 18.1. The molecule has 0 radical (unpaired) electrons. The SMILES string of the molecule is Cc1ccc(-n2ncc(C(=O)NCCCCN3CC(C)OC(C)C3)c2C(F)(F)F)cc1. The number of carbonyl (C=O) groups excluding carboxylic acids is 1. The van der Waals surface area contributed by atoms with Gasteiger partial charge >= 0.3 is 6.18 Å². The molecule has 1 aliphatic heterocycles. The van der Waals surface area contributed by atoms with Gasteiger partial charge in [0, 0.05) is 19.6 Å². The summed E-state index contributed by atoms with van der Waals surface area (Å²) >= 11 is 0. The fourth-order valence-electron chi connectivity index (χ4n) is 3.89. The zero-order chi connectivity index (χ0) is 22.6. The third kappa shape index (κ3) is 6.07. The molecular weight excluding hydrogens is 409 g/mol. The van der Waals surface area contributed by atoms with Crippen LogP contribution >= 0.6 is 0 Å². The van der Waals surface area contributed by atoms with Gasteiger partial charge in [-0.25, -0.2) is 4.68 Å². The molecule has 0 aliphatic carbocycles. The maximum atomic E-state index is 13.7. The van der Waals surface area contributed by atoms with Crippen LogP contribution in [0.1, 0.15) is 48.3 Å². The standard InChI is InChI=1S/C22H29F3N4O2/c1-15-6-8-18(9-7-15)29-20(22(23,24)25)19(12-27-29)21(30)26-10-4-5-11-28-13-16(2)31-17(3)14-28/h6-9,12,16-17H,4-5,10-11,13-14H2,1-3H3,(H,26,30). The molecule has 2 atom stereocenters. The Kier molecular flexibility index (Phi) is 7.38. The lowest BCUT2D eigenvalue weighted by Crippen LogP contribution is -2.45. The average molecular weight is 438 g/mol. The number of rotatable bonds is 7. The fourth-order valence-corrected chi connectivity index (χ4v) is 3.89. The number of alkyl halides is 3. The topological polar surface area (TPSA) is 59.4 Å². The van der Waals surface area contributed by atoms with Crippen molar-refractivity contribution in [3.63, 3.8) is 0 Å². The minimum atomic E-state index is -4.71. The van der Waals surface area contributed by atoms with Gasteiger partial charge in [0.15, 0.2) is 5.69 Å². The van der Waals surface area contributed by atoms with Gasteiger partial charge in [0.25, 0.3) is 5.91 Å². The second-order valence-electron chi connectivity index (χ2n) is 8.13. The first kappa shape index (κ1) is 23.3. The molecule has 1 N–H and O–H groups in total. The number of carbonyl (C=O) groups is 1. The number of aryl methyl sites for hydroxylation is 1. The molecule has 1 aliphatic rings. The Hall–Kier alpha value is -2.39. The molecule has 1 saturated heterocycles. The van der Waals surface area contributed by atoms with E-state index in [1.165, 1.54) is 0 Å². The van der Waals surface area contributed by atoms with Crippen LogP contribution in [-0.2, 0) is 10.9 Å². The minimum absolute atomic E-state index is 0.189. The van der Waals surface area contributed by atoms with Crippen molar-refractivity contribution in [3.05, 3.63) is 47.3 Å². The van der Waals surface area contributed by atoms with Crippen LogP contribution < -0.4 is 5.32 Å². The summed E-state index contributed by atoms with van der Waals surface area (Å²) in [7, 11) is 0. The minimum Gasteiger partial charge on any atom is -0.373 e. The van der Waals surface area contributed by atoms with E-state index in [-0.39, 0.29) is 17.9 Å². The molecule has 6 nitrogen and oxygen atoms in total. The van der Waals surface area contributed by atoms with Crippen molar-refractivity contribution in [1.82, 2.24) is 20.0 Å². The normalized spacial score (nSPS) is 20.1. The Labute approximate surface area is 180 Å². The van der Waals surface area contributed by atoms with Crippen molar-refractivity contribution in [1.29, 1.82) is 0 Å². The van der Waals surface area contributed by atoms with Crippen LogP contribution in [0, 0.1) is 6.92 Å². The maximum Gasteiger partial charge on any atom is 0.434 e. The molecule has 1 aromatic carbocycles. The first-order chi connectivity index (χ1) is 14.6. The molecule has 9 heteroatoms. The number of nitrogens with one attached hydrogen (secondary N) is 1. The third-order valence-electron chi connectivity index (χ3n) is 5.24. The van der Waals surface area contributed by atoms with E-state index in [4.69, 9.17) is 4.74 Å². The largest absolute Gasteiger partial charge is 0.434 e. The summed E-state index contributed by atoms with van der Waals surface area (Å²) in [4.78, 5) is 14.8. The number of aromatic nitrogens is 2. The van der Waals surface area contributed by atoms with Gasteiger partial charge in [-0.05, 0) is 52.3 Å². The lowest BCUT2D eigenvalue weighted by molar-refractivity contribution is -0.143. The first-order valence-corrected chi connectivity index (χ1v) is 10.5. The number of amides is 1. The number of unbranched alkanes of at least 4 members (excludes halogenated alkanes) is 1. The van der Waals surface area contributed by atoms with Crippen molar-refractivity contribution in [3.8, 4) is 5.69 Å². The molecule has 2 unspecified atom stereocenters. The second-order valence-corrected chi connectivity index (χ2v) is 8.13. The Bertz CT molecular complexity index is 870. The van der Waals surface area contributed by atoms with Gasteiger partial charge in [-0.2, -0.15) is 18.3 Å². The number of hydrogen-bond acceptors (Lipinski definition) is 4. The zero-order valence-electron chi connectivity index (χ0n) is 18.1. The summed E-state index contributed by atoms with van der Waals surface area (Å²) in [5.74, 6) is -0.765. The van der Waals surface area contributed by atoms with Crippen molar-refractivity contribution < 1.29 is 22.7 Å². The predicted octanol–water partition coefficient (Wildman–Crippen LogP) is 3.82. The molecular formula is C22H29F3N4O2. The number of benzene rings is 1. The van der Waals surface area contributed by atoms with Crippen LogP contribution in [0.3, 0.4) is 0 Å². The molecule has 1 fully saturated rings. The molecule has 31 heavy (non-hydrogen) atoms. The number of halogens is 3. The Morgan fingerprint density at radius 2 is 1.81 bits per heavy atom. The van der Waals surface area contributed by atoms with E-state index in [0.29, 0.717) is 13.0 Å². The summed E-state index contributed by atoms with van der Waals surface area (Å²) in [6.07, 6.45) is -1.83. The highest BCUT2D eigenvalue weighted by Crippen LogP contribution is 2.33. The van der Waals surface area contributed by atoms with E-state index >= 15 is 0 Å². The van der Waals surface area contributed by atoms with Crippen LogP contribution in [0.4, 0.5) is 13.2 Å². The van der Waals surface area contributed by atoms with Gasteiger partial charge < -0.3 is 10.1 Å². The van der Waals surface area contributed by atoms with Crippen LogP contribution in [0.25, 0.3) is 5.69 Å². The van der Waals surface area contributed by atoms with Crippen LogP contribution in [0.15, 0.2) is 30.5 Å². The molecule has 1 aromatic heterocycles. The third-order valence-corrected chi connectivity index (χ3v) is 5.24. The van der Waals surface area contributed by atoms with Crippen LogP contribution in [-0.4, -0.2) is 59.0 Å². The number of nitrogens with zero attached hydrogens (tertiary/aromatic N) is 3. The summed E-state index contributed by atoms with van der Waals surface area (Å²) in [5, 5.41) is 6.45. The van der Waals surface area contributed by atoms with Crippen molar-refractivity contribution in [2.24, 2.45) is 0 Å². The van der Waals surface area contributed by atoms with E-state index in [0.717, 1.165) is 42.5 Å². The quantitative estimate of drug-likeness (QED) is 0.668. The van der Waals surface area contributed by atoms with E-state index in [1.54, 1.807) is 24.3 Å². The lowest BCUT2D eigenvalue weighted by Gasteiger charge is -2.35. The Balaban J connectivity index is 1.58. The summed E-state index contributed by atoms with van der Waals surface area (Å²) in [6, 6.07) is 6.50. The molecule has 0 bridgehead atoms. The highest BCUT2D eigenvalue weighted by molar-refractivity contribution is 5.95.